The molecule has 0 fully saturated rings. The van der Waals surface area contributed by atoms with Gasteiger partial charge in [-0.25, -0.2) is 43.9 Å². The molecule has 0 heterocycles. The third kappa shape index (κ3) is 11.2. The molecular formula is C99H68F10N2O2. The summed E-state index contributed by atoms with van der Waals surface area (Å²) in [7, 11) is 0. The van der Waals surface area contributed by atoms with Crippen LogP contribution in [-0.2, 0) is 27.1 Å². The average molecular weight is 1510 g/mol. The summed E-state index contributed by atoms with van der Waals surface area (Å²) < 4.78 is 177. The van der Waals surface area contributed by atoms with E-state index in [-0.39, 0.29) is 0 Å². The zero-order valence-electron chi connectivity index (χ0n) is 61.5. The van der Waals surface area contributed by atoms with Gasteiger partial charge in [0.05, 0.1) is 10.8 Å². The lowest BCUT2D eigenvalue weighted by molar-refractivity contribution is 0.349. The molecule has 14 aromatic carbocycles. The molecule has 113 heavy (non-hydrogen) atoms. The third-order valence-corrected chi connectivity index (χ3v) is 23.5. The van der Waals surface area contributed by atoms with E-state index in [9.17, 15) is 0 Å². The van der Waals surface area contributed by atoms with Crippen LogP contribution in [0.25, 0.3) is 34.4 Å². The summed E-state index contributed by atoms with van der Waals surface area (Å²) in [5.41, 5.74) is 6.05. The first kappa shape index (κ1) is 71.7. The lowest BCUT2D eigenvalue weighted by Gasteiger charge is -2.36. The Hall–Kier alpha value is -12.9. The van der Waals surface area contributed by atoms with Gasteiger partial charge in [-0.1, -0.05) is 174 Å². The van der Waals surface area contributed by atoms with Crippen molar-refractivity contribution >= 4 is 46.3 Å². The Balaban J connectivity index is 0.806. The van der Waals surface area contributed by atoms with Gasteiger partial charge in [-0.15, -0.1) is 0 Å². The largest absolute Gasteiger partial charge is 0.457 e. The zero-order valence-corrected chi connectivity index (χ0v) is 61.5. The second-order valence-electron chi connectivity index (χ2n) is 30.8. The highest BCUT2D eigenvalue weighted by molar-refractivity contribution is 5.92. The standard InChI is InChI=1S/C99H68F10N2O2/c1-7-57-17-37-69(38-18-57)112-71-41-21-59(22-42-71)98(89-85(102)53-87(104)91(106)93(89)108)77-15-11-9-13-73(77)75-45-33-65(49-81(75)98)110(63-29-25-61(100)26-30-63)67-35-47-79-83(51-67)97(55-95(79,3)4)56-96(5,6)80-48-36-68(52-84(80)97)111(64-31-27-62(101)28-32-64)66-34-46-76-74-14-10-12-16-78(74)99(82(76)50-66,90-86(103)54-88(105)92(107)94(90)109)60-23-43-72(44-24-60)113-70-39-19-58(8-2)20-40-70/h7-54H,1-2,55-56H2,3-6H3. The molecule has 4 nitrogen and oxygen atoms in total. The van der Waals surface area contributed by atoms with E-state index >= 15 is 43.9 Å². The summed E-state index contributed by atoms with van der Waals surface area (Å²) in [5.74, 6) is -12.4. The van der Waals surface area contributed by atoms with Crippen LogP contribution >= 0.6 is 0 Å². The van der Waals surface area contributed by atoms with Gasteiger partial charge in [-0.3, -0.25) is 0 Å². The topological polar surface area (TPSA) is 24.9 Å². The van der Waals surface area contributed by atoms with Gasteiger partial charge >= 0.3 is 0 Å². The van der Waals surface area contributed by atoms with Crippen LogP contribution in [0.5, 0.6) is 23.0 Å². The fourth-order valence-corrected chi connectivity index (χ4v) is 18.9. The van der Waals surface area contributed by atoms with E-state index in [0.717, 1.165) is 33.4 Å². The highest BCUT2D eigenvalue weighted by atomic mass is 19.2. The Morgan fingerprint density at radius 3 is 0.956 bits per heavy atom. The molecule has 4 aliphatic rings. The summed E-state index contributed by atoms with van der Waals surface area (Å²) in [4.78, 5) is 3.89. The van der Waals surface area contributed by atoms with Gasteiger partial charge < -0.3 is 19.3 Å². The Kier molecular flexibility index (Phi) is 16.9. The predicted octanol–water partition coefficient (Wildman–Crippen LogP) is 27.3. The molecule has 14 aromatic rings. The number of fused-ring (bicyclic) bond motifs is 10. The first-order valence-corrected chi connectivity index (χ1v) is 37.0. The number of hydrogen-bond donors (Lipinski definition) is 0. The highest BCUT2D eigenvalue weighted by Crippen LogP contribution is 2.66. The van der Waals surface area contributed by atoms with Crippen LogP contribution in [0.2, 0.25) is 0 Å². The van der Waals surface area contributed by atoms with Gasteiger partial charge in [-0.2, -0.15) is 0 Å². The summed E-state index contributed by atoms with van der Waals surface area (Å²) in [5, 5.41) is 0. The molecule has 2 atom stereocenters. The molecule has 0 saturated carbocycles. The molecule has 556 valence electrons. The van der Waals surface area contributed by atoms with Gasteiger partial charge in [0.2, 0.25) is 0 Å². The number of halogens is 10. The lowest BCUT2D eigenvalue weighted by atomic mass is 9.67. The van der Waals surface area contributed by atoms with E-state index in [4.69, 9.17) is 9.47 Å². The molecule has 2 unspecified atom stereocenters. The Bertz CT molecular complexity index is 5860. The number of rotatable bonds is 16. The molecular weight excluding hydrogens is 1440 g/mol. The van der Waals surface area contributed by atoms with E-state index in [1.807, 2.05) is 94.7 Å². The quantitative estimate of drug-likeness (QED) is 0.0547. The van der Waals surface area contributed by atoms with E-state index < -0.39 is 96.4 Å². The average Bonchev–Trinajstić information content (AvgIpc) is 1.57. The molecule has 4 aliphatic carbocycles. The van der Waals surface area contributed by atoms with Crippen molar-refractivity contribution in [2.24, 2.45) is 0 Å². The monoisotopic (exact) mass is 1510 g/mol. The molecule has 0 bridgehead atoms. The third-order valence-electron chi connectivity index (χ3n) is 23.5. The van der Waals surface area contributed by atoms with Crippen LogP contribution in [-0.4, -0.2) is 0 Å². The molecule has 0 radical (unpaired) electrons. The summed E-state index contributed by atoms with van der Waals surface area (Å²) >= 11 is 0. The van der Waals surface area contributed by atoms with E-state index in [1.54, 1.807) is 146 Å². The van der Waals surface area contributed by atoms with Crippen LogP contribution in [0.3, 0.4) is 0 Å². The Labute approximate surface area is 647 Å². The van der Waals surface area contributed by atoms with Gasteiger partial charge in [0.1, 0.15) is 46.3 Å². The number of ether oxygens (including phenoxy) is 2. The van der Waals surface area contributed by atoms with Gasteiger partial charge in [-0.05, 0) is 258 Å². The SMILES string of the molecule is C=Cc1ccc(Oc2ccc(C3(c4c(F)cc(F)c(F)c4F)c4ccccc4-c4ccc(N(c5ccc(F)cc5)c5ccc6c(c5)C5(CC6(C)C)CC(C)(C)c6ccc(N(c7ccc(F)cc7)c7ccc8c(c7)C(c7ccc(Oc9ccc(C=C)cc9)cc7)(c7c(F)cc(F)c(F)c7F)c7ccccc7-8)cc65)cc43)cc2)cc1. The van der Waals surface area contributed by atoms with Gasteiger partial charge in [0, 0.05) is 62.8 Å². The van der Waals surface area contributed by atoms with Crippen LogP contribution < -0.4 is 19.3 Å². The first-order chi connectivity index (χ1) is 54.4. The minimum atomic E-state index is -2.00. The highest BCUT2D eigenvalue weighted by Gasteiger charge is 2.58. The molecule has 18 rings (SSSR count). The summed E-state index contributed by atoms with van der Waals surface area (Å²) in [6.45, 7) is 16.5. The zero-order chi connectivity index (χ0) is 78.4. The number of nitrogens with zero attached hydrogens (tertiary/aromatic N) is 2. The van der Waals surface area contributed by atoms with Crippen molar-refractivity contribution < 1.29 is 53.4 Å². The van der Waals surface area contributed by atoms with Crippen LogP contribution in [0.4, 0.5) is 78.0 Å². The molecule has 1 spiro atoms. The normalized spacial score (nSPS) is 17.5. The number of hydrogen-bond acceptors (Lipinski definition) is 4. The Morgan fingerprint density at radius 1 is 0.292 bits per heavy atom. The molecule has 14 heteroatoms. The molecule has 0 amide bonds. The first-order valence-electron chi connectivity index (χ1n) is 37.0. The summed E-state index contributed by atoms with van der Waals surface area (Å²) in [6, 6.07) is 78.2. The van der Waals surface area contributed by atoms with E-state index in [2.05, 4.69) is 65.1 Å². The minimum absolute atomic E-state index is 0.302. The van der Waals surface area contributed by atoms with Crippen LogP contribution in [0, 0.1) is 58.2 Å². The molecule has 0 aromatic heterocycles. The van der Waals surface area contributed by atoms with Crippen molar-refractivity contribution in [2.45, 2.75) is 67.6 Å². The van der Waals surface area contributed by atoms with Crippen molar-refractivity contribution in [3.8, 4) is 45.3 Å². The summed E-state index contributed by atoms with van der Waals surface area (Å²) in [6.07, 6.45) is 4.63. The molecule has 0 aliphatic heterocycles. The van der Waals surface area contributed by atoms with E-state index in [0.29, 0.717) is 138 Å². The van der Waals surface area contributed by atoms with Crippen molar-refractivity contribution in [3.63, 3.8) is 0 Å². The Morgan fingerprint density at radius 2 is 0.602 bits per heavy atom. The van der Waals surface area contributed by atoms with Crippen molar-refractivity contribution in [2.75, 3.05) is 9.80 Å². The maximum absolute atomic E-state index is 17.5. The fraction of sp³-hybridized carbons (Fsp3) is 0.111. The predicted molar refractivity (Wildman–Crippen MR) is 426 cm³/mol. The van der Waals surface area contributed by atoms with E-state index in [1.165, 1.54) is 24.3 Å². The smallest absolute Gasteiger partial charge is 0.194 e. The van der Waals surface area contributed by atoms with Crippen LogP contribution in [0.15, 0.2) is 292 Å². The van der Waals surface area contributed by atoms with Crippen molar-refractivity contribution in [1.29, 1.82) is 0 Å². The minimum Gasteiger partial charge on any atom is -0.457 e. The van der Waals surface area contributed by atoms with Crippen LogP contribution in [0.1, 0.15) is 118 Å². The molecule has 0 N–H and O–H groups in total. The maximum atomic E-state index is 17.5. The van der Waals surface area contributed by atoms with Gasteiger partial charge in [0.25, 0.3) is 0 Å². The number of anilines is 6. The maximum Gasteiger partial charge on any atom is 0.194 e. The second-order valence-corrected chi connectivity index (χ2v) is 30.8. The lowest BCUT2D eigenvalue weighted by Crippen LogP contribution is -2.32. The second kappa shape index (κ2) is 26.6. The molecule has 0 saturated heterocycles. The van der Waals surface area contributed by atoms with Crippen molar-refractivity contribution in [1.82, 2.24) is 0 Å². The fourth-order valence-electron chi connectivity index (χ4n) is 18.9. The van der Waals surface area contributed by atoms with Crippen molar-refractivity contribution in [3.05, 3.63) is 428 Å². The number of benzene rings is 14. The van der Waals surface area contributed by atoms with Gasteiger partial charge in [0.15, 0.2) is 34.9 Å².